The standard InChI is InChI=1S/C31H41N7O3/c1-21-14-33-38-18-25(41-11-8-35-19-27-28(20-35)31(27)39)13-26(30(21)38)22-2-3-29(32-15-22)36-16-23-12-24(17-36)37(23)5-4-34-6-9-40-10-7-34/h2-3,13-15,18,23-24,27-28,31,39H,4-12,16-17,19-20H2,1H3. The second kappa shape index (κ2) is 10.5. The van der Waals surface area contributed by atoms with Gasteiger partial charge in [-0.15, -0.1) is 0 Å². The Hall–Kier alpha value is -2.76. The van der Waals surface area contributed by atoms with Crippen LogP contribution in [-0.4, -0.2) is 131 Å². The van der Waals surface area contributed by atoms with Gasteiger partial charge < -0.3 is 19.5 Å². The Morgan fingerprint density at radius 2 is 1.78 bits per heavy atom. The lowest BCUT2D eigenvalue weighted by molar-refractivity contribution is -0.0201. The van der Waals surface area contributed by atoms with E-state index in [1.807, 2.05) is 23.1 Å². The Balaban J connectivity index is 0.919. The van der Waals surface area contributed by atoms with Crippen LogP contribution in [0.4, 0.5) is 5.82 Å². The van der Waals surface area contributed by atoms with Crippen LogP contribution >= 0.6 is 0 Å². The van der Waals surface area contributed by atoms with Crippen LogP contribution in [-0.2, 0) is 4.74 Å². The molecule has 10 heteroatoms. The minimum atomic E-state index is -0.0685. The van der Waals surface area contributed by atoms with Gasteiger partial charge in [-0.25, -0.2) is 9.50 Å². The molecule has 1 saturated carbocycles. The molecule has 10 nitrogen and oxygen atoms in total. The van der Waals surface area contributed by atoms with E-state index in [2.05, 4.69) is 49.8 Å². The number of anilines is 1. The molecule has 0 aromatic carbocycles. The molecular formula is C31H41N7O3. The smallest absolute Gasteiger partial charge is 0.138 e. The van der Waals surface area contributed by atoms with Gasteiger partial charge in [0.25, 0.3) is 0 Å². The second-order valence-electron chi connectivity index (χ2n) is 12.7. The first-order chi connectivity index (χ1) is 20.1. The number of hydrogen-bond donors (Lipinski definition) is 1. The number of pyridine rings is 2. The Labute approximate surface area is 241 Å². The number of aryl methyl sites for hydroxylation is 1. The molecule has 4 atom stereocenters. The SMILES string of the molecule is Cc1cnn2cc(OCCN3CC4C(O)C4C3)cc(-c3ccc(N4CC5CC(C4)N5CCN4CCOCC4)nc3)c12. The number of aromatic nitrogens is 3. The minimum absolute atomic E-state index is 0.0685. The molecule has 8 heterocycles. The van der Waals surface area contributed by atoms with Gasteiger partial charge in [0.05, 0.1) is 37.2 Å². The second-order valence-corrected chi connectivity index (χ2v) is 12.7. The lowest BCUT2D eigenvalue weighted by atomic mass is 9.87. The minimum Gasteiger partial charge on any atom is -0.491 e. The summed E-state index contributed by atoms with van der Waals surface area (Å²) in [6, 6.07) is 7.78. The molecule has 218 valence electrons. The van der Waals surface area contributed by atoms with Gasteiger partial charge >= 0.3 is 0 Å². The molecule has 6 aliphatic rings. The van der Waals surface area contributed by atoms with E-state index in [9.17, 15) is 5.11 Å². The first-order valence-corrected chi connectivity index (χ1v) is 15.4. The highest BCUT2D eigenvalue weighted by Gasteiger charge is 2.54. The van der Waals surface area contributed by atoms with E-state index in [0.717, 1.165) is 106 Å². The normalized spacial score (nSPS) is 30.0. The van der Waals surface area contributed by atoms with Crippen molar-refractivity contribution in [2.45, 2.75) is 31.5 Å². The van der Waals surface area contributed by atoms with Crippen LogP contribution in [0.3, 0.4) is 0 Å². The number of nitrogens with zero attached hydrogens (tertiary/aromatic N) is 7. The molecule has 3 aromatic rings. The molecule has 1 N–H and O–H groups in total. The van der Waals surface area contributed by atoms with Gasteiger partial charge in [0, 0.05) is 100 Å². The highest BCUT2D eigenvalue weighted by Crippen LogP contribution is 2.45. The van der Waals surface area contributed by atoms with Gasteiger partial charge in [0.15, 0.2) is 0 Å². The van der Waals surface area contributed by atoms with Gasteiger partial charge in [0.2, 0.25) is 0 Å². The van der Waals surface area contributed by atoms with E-state index in [1.165, 1.54) is 6.42 Å². The number of piperidine rings is 2. The zero-order chi connectivity index (χ0) is 27.5. The number of likely N-dealkylation sites (tertiary alicyclic amines) is 1. The Morgan fingerprint density at radius 3 is 2.54 bits per heavy atom. The van der Waals surface area contributed by atoms with Crippen molar-refractivity contribution in [3.63, 3.8) is 0 Å². The number of morpholine rings is 1. The molecule has 5 aliphatic heterocycles. The largest absolute Gasteiger partial charge is 0.491 e. The molecule has 3 aromatic heterocycles. The summed E-state index contributed by atoms with van der Waals surface area (Å²) in [5, 5.41) is 14.4. The van der Waals surface area contributed by atoms with Crippen molar-refractivity contribution in [3.05, 3.63) is 42.4 Å². The van der Waals surface area contributed by atoms with Crippen molar-refractivity contribution in [1.82, 2.24) is 29.3 Å². The molecular weight excluding hydrogens is 518 g/mol. The lowest BCUT2D eigenvalue weighted by Gasteiger charge is -2.57. The number of piperazine rings is 1. The average Bonchev–Trinajstić information content (AvgIpc) is 3.31. The van der Waals surface area contributed by atoms with E-state index in [0.29, 0.717) is 30.5 Å². The summed E-state index contributed by atoms with van der Waals surface area (Å²) in [6.07, 6.45) is 7.14. The summed E-state index contributed by atoms with van der Waals surface area (Å²) >= 11 is 0. The summed E-state index contributed by atoms with van der Waals surface area (Å²) < 4.78 is 13.7. The Bertz CT molecular complexity index is 1370. The number of hydrogen-bond acceptors (Lipinski definition) is 9. The fraction of sp³-hybridized carbons (Fsp3) is 0.613. The van der Waals surface area contributed by atoms with Crippen LogP contribution in [0.2, 0.25) is 0 Å². The summed E-state index contributed by atoms with van der Waals surface area (Å²) in [7, 11) is 0. The van der Waals surface area contributed by atoms with Crippen LogP contribution in [0.15, 0.2) is 36.8 Å². The van der Waals surface area contributed by atoms with Gasteiger partial charge in [0.1, 0.15) is 18.2 Å². The van der Waals surface area contributed by atoms with Crippen molar-refractivity contribution in [2.75, 3.05) is 83.6 Å². The van der Waals surface area contributed by atoms with E-state index in [1.54, 1.807) is 0 Å². The van der Waals surface area contributed by atoms with E-state index < -0.39 is 0 Å². The lowest BCUT2D eigenvalue weighted by Crippen LogP contribution is -2.69. The number of ether oxygens (including phenoxy) is 2. The fourth-order valence-electron chi connectivity index (χ4n) is 7.66. The summed E-state index contributed by atoms with van der Waals surface area (Å²) in [5.74, 6) is 2.85. The molecule has 1 aliphatic carbocycles. The van der Waals surface area contributed by atoms with Crippen molar-refractivity contribution >= 4 is 11.3 Å². The molecule has 9 rings (SSSR count). The predicted molar refractivity (Wildman–Crippen MR) is 156 cm³/mol. The summed E-state index contributed by atoms with van der Waals surface area (Å²) in [6.45, 7) is 13.9. The van der Waals surface area contributed by atoms with Crippen LogP contribution in [0.25, 0.3) is 16.6 Å². The van der Waals surface area contributed by atoms with E-state index in [-0.39, 0.29) is 6.10 Å². The fourth-order valence-corrected chi connectivity index (χ4v) is 7.66. The Morgan fingerprint density at radius 1 is 0.976 bits per heavy atom. The first kappa shape index (κ1) is 25.9. The van der Waals surface area contributed by atoms with Crippen LogP contribution in [0.1, 0.15) is 12.0 Å². The van der Waals surface area contributed by atoms with Gasteiger partial charge in [-0.2, -0.15) is 5.10 Å². The van der Waals surface area contributed by atoms with Crippen molar-refractivity contribution in [2.24, 2.45) is 11.8 Å². The monoisotopic (exact) mass is 559 g/mol. The van der Waals surface area contributed by atoms with E-state index in [4.69, 9.17) is 14.5 Å². The third-order valence-electron chi connectivity index (χ3n) is 10.2. The van der Waals surface area contributed by atoms with Crippen molar-refractivity contribution in [3.8, 4) is 16.9 Å². The van der Waals surface area contributed by atoms with Crippen molar-refractivity contribution < 1.29 is 14.6 Å². The Kier molecular flexibility index (Phi) is 6.64. The molecule has 0 radical (unpaired) electrons. The number of rotatable bonds is 9. The highest BCUT2D eigenvalue weighted by molar-refractivity contribution is 5.83. The number of aliphatic hydroxyl groups excluding tert-OH is 1. The predicted octanol–water partition coefficient (Wildman–Crippen LogP) is 1.60. The van der Waals surface area contributed by atoms with E-state index >= 15 is 0 Å². The van der Waals surface area contributed by atoms with Crippen LogP contribution < -0.4 is 9.64 Å². The average molecular weight is 560 g/mol. The van der Waals surface area contributed by atoms with Crippen LogP contribution in [0, 0.1) is 18.8 Å². The quantitative estimate of drug-likeness (QED) is 0.421. The summed E-state index contributed by atoms with van der Waals surface area (Å²) in [5.41, 5.74) is 4.41. The number of fused-ring (bicyclic) bond motifs is 4. The third-order valence-corrected chi connectivity index (χ3v) is 10.2. The van der Waals surface area contributed by atoms with Crippen LogP contribution in [0.5, 0.6) is 5.75 Å². The molecule has 0 amide bonds. The maximum absolute atomic E-state index is 9.80. The third kappa shape index (κ3) is 4.89. The topological polar surface area (TPSA) is 81.8 Å². The van der Waals surface area contributed by atoms with Gasteiger partial charge in [-0.1, -0.05) is 0 Å². The summed E-state index contributed by atoms with van der Waals surface area (Å²) in [4.78, 5) is 15.1. The molecule has 4 unspecified atom stereocenters. The number of aliphatic hydroxyl groups is 1. The zero-order valence-electron chi connectivity index (χ0n) is 23.9. The molecule has 2 bridgehead atoms. The molecule has 41 heavy (non-hydrogen) atoms. The van der Waals surface area contributed by atoms with Crippen molar-refractivity contribution in [1.29, 1.82) is 0 Å². The molecule has 5 saturated heterocycles. The maximum atomic E-state index is 9.80. The van der Waals surface area contributed by atoms with Gasteiger partial charge in [-0.05, 0) is 37.1 Å². The molecule has 0 spiro atoms. The zero-order valence-corrected chi connectivity index (χ0v) is 23.9. The van der Waals surface area contributed by atoms with Gasteiger partial charge in [-0.3, -0.25) is 14.7 Å². The highest BCUT2D eigenvalue weighted by atomic mass is 16.5. The maximum Gasteiger partial charge on any atom is 0.138 e. The molecule has 6 fully saturated rings. The first-order valence-electron chi connectivity index (χ1n) is 15.4.